The zero-order chi connectivity index (χ0) is 27.4. The zero-order valence-electron chi connectivity index (χ0n) is 23.0. The Balaban J connectivity index is 1.30. The highest BCUT2D eigenvalue weighted by molar-refractivity contribution is 7.21. The van der Waals surface area contributed by atoms with Crippen molar-refractivity contribution in [2.75, 3.05) is 20.6 Å². The minimum absolute atomic E-state index is 0.0705. The van der Waals surface area contributed by atoms with Gasteiger partial charge in [0.2, 0.25) is 0 Å². The van der Waals surface area contributed by atoms with Crippen LogP contribution in [0.15, 0.2) is 78.9 Å². The molecule has 1 saturated carbocycles. The monoisotopic (exact) mass is 567 g/mol. The average Bonchev–Trinajstić information content (AvgIpc) is 3.53. The van der Waals surface area contributed by atoms with E-state index in [2.05, 4.69) is 89.5 Å². The number of para-hydroxylation sites is 1. The maximum Gasteiger partial charge on any atom is 0.266 e. The second-order valence-corrected chi connectivity index (χ2v) is 13.1. The lowest BCUT2D eigenvalue weighted by Gasteiger charge is -2.51. The molecule has 0 bridgehead atoms. The number of nitrogens with zero attached hydrogens (tertiary/aromatic N) is 2. The van der Waals surface area contributed by atoms with Crippen LogP contribution in [-0.2, 0) is 12.0 Å². The van der Waals surface area contributed by atoms with Crippen LogP contribution in [0, 0.1) is 5.92 Å². The molecule has 204 valence electrons. The molecule has 0 saturated heterocycles. The quantitative estimate of drug-likeness (QED) is 0.237. The maximum absolute atomic E-state index is 14.5. The molecule has 1 fully saturated rings. The van der Waals surface area contributed by atoms with Gasteiger partial charge in [0.15, 0.2) is 0 Å². The van der Waals surface area contributed by atoms with Crippen molar-refractivity contribution in [2.45, 2.75) is 43.7 Å². The highest BCUT2D eigenvalue weighted by Gasteiger charge is 2.50. The molecule has 1 aliphatic carbocycles. The number of rotatable bonds is 4. The van der Waals surface area contributed by atoms with Gasteiger partial charge in [0.05, 0.1) is 10.6 Å². The highest BCUT2D eigenvalue weighted by Crippen LogP contribution is 2.52. The molecule has 1 aliphatic heterocycles. The van der Waals surface area contributed by atoms with Crippen molar-refractivity contribution in [3.63, 3.8) is 0 Å². The van der Waals surface area contributed by atoms with Gasteiger partial charge in [0.1, 0.15) is 4.88 Å². The molecular weight excluding hydrogens is 534 g/mol. The van der Waals surface area contributed by atoms with Crippen molar-refractivity contribution in [1.29, 1.82) is 0 Å². The third-order valence-electron chi connectivity index (χ3n) is 9.36. The molecule has 2 aromatic heterocycles. The second-order valence-electron chi connectivity index (χ2n) is 11.7. The summed E-state index contributed by atoms with van der Waals surface area (Å²) in [7, 11) is 4.38. The SMILES string of the molecule is CN(C)C(c1ccccc1)C1CCC2(CC1)c1[nH]c3ccccc3c1CCN2C(=O)c1sc2ccccc2c1Cl. The van der Waals surface area contributed by atoms with Crippen molar-refractivity contribution >= 4 is 49.8 Å². The molecule has 1 spiro atoms. The summed E-state index contributed by atoms with van der Waals surface area (Å²) in [6.07, 6.45) is 4.82. The van der Waals surface area contributed by atoms with E-state index in [1.807, 2.05) is 18.2 Å². The van der Waals surface area contributed by atoms with Crippen LogP contribution in [0.1, 0.15) is 58.2 Å². The molecule has 0 radical (unpaired) electrons. The smallest absolute Gasteiger partial charge is 0.266 e. The van der Waals surface area contributed by atoms with Crippen LogP contribution in [0.5, 0.6) is 0 Å². The largest absolute Gasteiger partial charge is 0.356 e. The van der Waals surface area contributed by atoms with Crippen LogP contribution in [0.4, 0.5) is 0 Å². The fraction of sp³-hybridized carbons (Fsp3) is 0.324. The van der Waals surface area contributed by atoms with Crippen LogP contribution in [-0.4, -0.2) is 41.3 Å². The van der Waals surface area contributed by atoms with E-state index in [4.69, 9.17) is 11.6 Å². The predicted molar refractivity (Wildman–Crippen MR) is 166 cm³/mol. The Hall–Kier alpha value is -3.12. The summed E-state index contributed by atoms with van der Waals surface area (Å²) in [5.41, 5.74) is 4.79. The van der Waals surface area contributed by atoms with Crippen molar-refractivity contribution < 1.29 is 4.79 Å². The minimum Gasteiger partial charge on any atom is -0.356 e. The summed E-state index contributed by atoms with van der Waals surface area (Å²) < 4.78 is 1.06. The Morgan fingerprint density at radius 1 is 0.975 bits per heavy atom. The van der Waals surface area contributed by atoms with Gasteiger partial charge in [-0.25, -0.2) is 0 Å². The third-order valence-corrected chi connectivity index (χ3v) is 11.0. The number of hydrogen-bond donors (Lipinski definition) is 1. The fourth-order valence-corrected chi connectivity index (χ4v) is 9.06. The zero-order valence-corrected chi connectivity index (χ0v) is 24.6. The lowest BCUT2D eigenvalue weighted by atomic mass is 9.68. The van der Waals surface area contributed by atoms with Gasteiger partial charge in [0, 0.05) is 39.3 Å². The van der Waals surface area contributed by atoms with E-state index in [1.54, 1.807) is 0 Å². The van der Waals surface area contributed by atoms with Gasteiger partial charge in [-0.15, -0.1) is 11.3 Å². The van der Waals surface area contributed by atoms with E-state index < -0.39 is 0 Å². The molecule has 1 amide bonds. The first kappa shape index (κ1) is 25.8. The highest BCUT2D eigenvalue weighted by atomic mass is 35.5. The summed E-state index contributed by atoms with van der Waals surface area (Å²) in [5, 5.41) is 2.85. The molecule has 1 atom stereocenters. The summed E-state index contributed by atoms with van der Waals surface area (Å²) in [6.45, 7) is 0.707. The number of carbonyl (C=O) groups excluding carboxylic acids is 1. The third kappa shape index (κ3) is 4.01. The molecule has 4 nitrogen and oxygen atoms in total. The second kappa shape index (κ2) is 10.1. The lowest BCUT2D eigenvalue weighted by Crippen LogP contribution is -2.55. The van der Waals surface area contributed by atoms with Crippen LogP contribution in [0.3, 0.4) is 0 Å². The summed E-state index contributed by atoms with van der Waals surface area (Å²) in [4.78, 5) is 23.5. The number of halogens is 1. The number of aromatic nitrogens is 1. The first-order chi connectivity index (χ1) is 19.5. The molecule has 6 heteroatoms. The number of amides is 1. The predicted octanol–water partition coefficient (Wildman–Crippen LogP) is 8.42. The number of H-pyrrole nitrogens is 1. The standard InChI is InChI=1S/C34H34ClN3OS/c1-37(2)30(22-10-4-3-5-11-22)23-16-19-34(20-17-23)32-25(24-12-6-8-14-27(24)36-32)18-21-38(34)33(39)31-29(35)26-13-7-9-15-28(26)40-31/h3-15,23,30,36H,16-21H2,1-2H3. The number of fused-ring (bicyclic) bond motifs is 5. The molecule has 1 unspecified atom stereocenters. The van der Waals surface area contributed by atoms with Gasteiger partial charge in [-0.3, -0.25) is 4.79 Å². The molecule has 3 heterocycles. The van der Waals surface area contributed by atoms with Gasteiger partial charge in [-0.2, -0.15) is 0 Å². The number of carbonyl (C=O) groups is 1. The molecule has 2 aliphatic rings. The number of aromatic amines is 1. The van der Waals surface area contributed by atoms with Crippen molar-refractivity contribution in [2.24, 2.45) is 5.92 Å². The van der Waals surface area contributed by atoms with E-state index in [1.165, 1.54) is 39.1 Å². The molecule has 3 aromatic carbocycles. The van der Waals surface area contributed by atoms with Gasteiger partial charge in [0.25, 0.3) is 5.91 Å². The molecular formula is C34H34ClN3OS. The number of hydrogen-bond acceptors (Lipinski definition) is 3. The normalized spacial score (nSPS) is 21.8. The van der Waals surface area contributed by atoms with E-state index in [-0.39, 0.29) is 11.4 Å². The molecule has 40 heavy (non-hydrogen) atoms. The van der Waals surface area contributed by atoms with Crippen LogP contribution >= 0.6 is 22.9 Å². The topological polar surface area (TPSA) is 39.3 Å². The van der Waals surface area contributed by atoms with Gasteiger partial charge < -0.3 is 14.8 Å². The number of thiophene rings is 1. The van der Waals surface area contributed by atoms with Gasteiger partial charge in [-0.05, 0) is 75.4 Å². The van der Waals surface area contributed by atoms with Crippen LogP contribution in [0.25, 0.3) is 21.0 Å². The Labute approximate surface area is 244 Å². The lowest BCUT2D eigenvalue weighted by molar-refractivity contribution is 0.00952. The van der Waals surface area contributed by atoms with Crippen molar-refractivity contribution in [3.8, 4) is 0 Å². The Morgan fingerprint density at radius 2 is 1.65 bits per heavy atom. The molecule has 1 N–H and O–H groups in total. The molecule has 7 rings (SSSR count). The minimum atomic E-state index is -0.368. The fourth-order valence-electron chi connectivity index (χ4n) is 7.60. The van der Waals surface area contributed by atoms with Gasteiger partial charge >= 0.3 is 0 Å². The Morgan fingerprint density at radius 3 is 2.38 bits per heavy atom. The summed E-state index contributed by atoms with van der Waals surface area (Å²) in [5.74, 6) is 0.587. The van der Waals surface area contributed by atoms with E-state index in [9.17, 15) is 4.79 Å². The first-order valence-corrected chi connectivity index (χ1v) is 15.5. The Bertz CT molecular complexity index is 1700. The Kier molecular flexibility index (Phi) is 6.49. The molecule has 5 aromatic rings. The van der Waals surface area contributed by atoms with Gasteiger partial charge in [-0.1, -0.05) is 78.3 Å². The van der Waals surface area contributed by atoms with E-state index in [0.717, 1.165) is 42.2 Å². The maximum atomic E-state index is 14.5. The van der Waals surface area contributed by atoms with E-state index in [0.29, 0.717) is 28.4 Å². The first-order valence-electron chi connectivity index (χ1n) is 14.3. The van der Waals surface area contributed by atoms with Crippen molar-refractivity contribution in [1.82, 2.24) is 14.8 Å². The summed E-state index contributed by atoms with van der Waals surface area (Å²) >= 11 is 8.41. The van der Waals surface area contributed by atoms with Crippen LogP contribution < -0.4 is 0 Å². The van der Waals surface area contributed by atoms with E-state index >= 15 is 0 Å². The number of benzene rings is 3. The average molecular weight is 568 g/mol. The number of nitrogens with one attached hydrogen (secondary N) is 1. The van der Waals surface area contributed by atoms with Crippen LogP contribution in [0.2, 0.25) is 5.02 Å². The summed E-state index contributed by atoms with van der Waals surface area (Å²) in [6, 6.07) is 27.9. The van der Waals surface area contributed by atoms with Crippen molar-refractivity contribution in [3.05, 3.63) is 106 Å².